The minimum Gasteiger partial charge on any atom is -0.508 e. The van der Waals surface area contributed by atoms with Crippen LogP contribution in [0.1, 0.15) is 41.4 Å². The summed E-state index contributed by atoms with van der Waals surface area (Å²) in [5.74, 6) is -0.812. The van der Waals surface area contributed by atoms with E-state index >= 15 is 0 Å². The molecule has 3 aromatic rings. The van der Waals surface area contributed by atoms with E-state index in [9.17, 15) is 20.1 Å². The molecule has 0 aliphatic rings. The summed E-state index contributed by atoms with van der Waals surface area (Å²) in [4.78, 5) is 11.8. The second kappa shape index (κ2) is 5.92. The molecular formula is C19H19NO4. The van der Waals surface area contributed by atoms with E-state index < -0.39 is 5.97 Å². The van der Waals surface area contributed by atoms with Gasteiger partial charge in [-0.15, -0.1) is 0 Å². The number of aromatic nitrogens is 1. The van der Waals surface area contributed by atoms with E-state index in [0.717, 1.165) is 11.1 Å². The van der Waals surface area contributed by atoms with E-state index in [2.05, 4.69) is 0 Å². The molecule has 0 bridgehead atoms. The van der Waals surface area contributed by atoms with Gasteiger partial charge in [-0.1, -0.05) is 26.0 Å². The molecule has 1 aromatic heterocycles. The Hall–Kier alpha value is -2.95. The number of carboxylic acids is 1. The van der Waals surface area contributed by atoms with E-state index in [1.165, 1.54) is 6.07 Å². The van der Waals surface area contributed by atoms with Crippen molar-refractivity contribution in [2.24, 2.45) is 0 Å². The van der Waals surface area contributed by atoms with E-state index in [0.29, 0.717) is 17.6 Å². The van der Waals surface area contributed by atoms with Crippen molar-refractivity contribution in [3.63, 3.8) is 0 Å². The molecule has 0 spiro atoms. The lowest BCUT2D eigenvalue weighted by Crippen LogP contribution is -2.09. The first-order valence-corrected chi connectivity index (χ1v) is 7.74. The molecule has 5 nitrogen and oxygen atoms in total. The van der Waals surface area contributed by atoms with Gasteiger partial charge in [0.15, 0.2) is 0 Å². The average molecular weight is 325 g/mol. The van der Waals surface area contributed by atoms with Crippen LogP contribution in [0.3, 0.4) is 0 Å². The van der Waals surface area contributed by atoms with Gasteiger partial charge in [-0.2, -0.15) is 0 Å². The minimum absolute atomic E-state index is 0.0112. The zero-order valence-corrected chi connectivity index (χ0v) is 13.5. The van der Waals surface area contributed by atoms with E-state index in [4.69, 9.17) is 0 Å². The highest BCUT2D eigenvalue weighted by molar-refractivity contribution is 6.05. The summed E-state index contributed by atoms with van der Waals surface area (Å²) in [6.07, 6.45) is 0. The largest absolute Gasteiger partial charge is 0.508 e. The first kappa shape index (κ1) is 15.9. The summed E-state index contributed by atoms with van der Waals surface area (Å²) in [6, 6.07) is 11.7. The second-order valence-corrected chi connectivity index (χ2v) is 6.18. The molecule has 5 heteroatoms. The smallest absolute Gasteiger partial charge is 0.338 e. The standard InChI is InChI=1S/C19H19NO4/c1-11(2)18-17(19(23)24)15-9-14(22)6-7-16(15)20(18)10-12-4-3-5-13(21)8-12/h3-9,11,21-22H,10H2,1-2H3,(H,23,24). The number of phenolic OH excluding ortho intramolecular Hbond substituents is 2. The normalized spacial score (nSPS) is 11.3. The molecular weight excluding hydrogens is 306 g/mol. The molecule has 0 unspecified atom stereocenters. The van der Waals surface area contributed by atoms with E-state index in [1.807, 2.05) is 24.5 Å². The molecule has 0 saturated heterocycles. The van der Waals surface area contributed by atoms with Gasteiger partial charge in [-0.25, -0.2) is 4.79 Å². The number of carboxylic acid groups (broad SMARTS) is 1. The third-order valence-corrected chi connectivity index (χ3v) is 4.10. The molecule has 0 amide bonds. The van der Waals surface area contributed by atoms with Gasteiger partial charge in [0.05, 0.1) is 5.56 Å². The van der Waals surface area contributed by atoms with Gasteiger partial charge >= 0.3 is 5.97 Å². The average Bonchev–Trinajstić information content (AvgIpc) is 2.81. The number of rotatable bonds is 4. The van der Waals surface area contributed by atoms with Crippen LogP contribution in [-0.4, -0.2) is 25.9 Å². The van der Waals surface area contributed by atoms with Gasteiger partial charge < -0.3 is 19.9 Å². The number of hydrogen-bond donors (Lipinski definition) is 3. The van der Waals surface area contributed by atoms with Crippen LogP contribution < -0.4 is 0 Å². The van der Waals surface area contributed by atoms with Crippen LogP contribution >= 0.6 is 0 Å². The molecule has 3 N–H and O–H groups in total. The zero-order chi connectivity index (χ0) is 17.4. The van der Waals surface area contributed by atoms with Gasteiger partial charge in [0, 0.05) is 23.1 Å². The molecule has 3 rings (SSSR count). The predicted octanol–water partition coefficient (Wildman–Crippen LogP) is 3.92. The van der Waals surface area contributed by atoms with E-state index in [-0.39, 0.29) is 23.0 Å². The van der Waals surface area contributed by atoms with Crippen LogP contribution in [0.15, 0.2) is 42.5 Å². The van der Waals surface area contributed by atoms with Crippen molar-refractivity contribution < 1.29 is 20.1 Å². The van der Waals surface area contributed by atoms with Gasteiger partial charge in [0.1, 0.15) is 11.5 Å². The fourth-order valence-corrected chi connectivity index (χ4v) is 3.20. The lowest BCUT2D eigenvalue weighted by molar-refractivity contribution is 0.0697. The number of hydrogen-bond acceptors (Lipinski definition) is 3. The topological polar surface area (TPSA) is 82.7 Å². The van der Waals surface area contributed by atoms with Crippen molar-refractivity contribution in [1.29, 1.82) is 0 Å². The number of phenols is 2. The van der Waals surface area contributed by atoms with Crippen molar-refractivity contribution in [3.8, 4) is 11.5 Å². The molecule has 0 aliphatic carbocycles. The van der Waals surface area contributed by atoms with E-state index in [1.54, 1.807) is 30.3 Å². The molecule has 0 radical (unpaired) electrons. The quantitative estimate of drug-likeness (QED) is 0.679. The van der Waals surface area contributed by atoms with Crippen LogP contribution in [0.25, 0.3) is 10.9 Å². The molecule has 124 valence electrons. The number of aromatic hydroxyl groups is 2. The Morgan fingerprint density at radius 2 is 1.79 bits per heavy atom. The molecule has 2 aromatic carbocycles. The summed E-state index contributed by atoms with van der Waals surface area (Å²) in [5.41, 5.74) is 2.54. The Bertz CT molecular complexity index is 925. The highest BCUT2D eigenvalue weighted by Gasteiger charge is 2.24. The van der Waals surface area contributed by atoms with Crippen molar-refractivity contribution >= 4 is 16.9 Å². The maximum atomic E-state index is 11.8. The summed E-state index contributed by atoms with van der Waals surface area (Å²) in [6.45, 7) is 4.33. The molecule has 24 heavy (non-hydrogen) atoms. The Kier molecular flexibility index (Phi) is 3.93. The SMILES string of the molecule is CC(C)c1c(C(=O)O)c2cc(O)ccc2n1Cc1cccc(O)c1. The molecule has 0 atom stereocenters. The lowest BCUT2D eigenvalue weighted by atomic mass is 10.0. The molecule has 0 aliphatic heterocycles. The third-order valence-electron chi connectivity index (χ3n) is 4.10. The van der Waals surface area contributed by atoms with Crippen molar-refractivity contribution in [2.45, 2.75) is 26.3 Å². The fourth-order valence-electron chi connectivity index (χ4n) is 3.20. The predicted molar refractivity (Wildman–Crippen MR) is 91.9 cm³/mol. The fraction of sp³-hybridized carbons (Fsp3) is 0.211. The van der Waals surface area contributed by atoms with Gasteiger partial charge in [-0.3, -0.25) is 0 Å². The summed E-state index contributed by atoms with van der Waals surface area (Å²) in [5, 5.41) is 29.7. The molecule has 0 saturated carbocycles. The number of benzene rings is 2. The Morgan fingerprint density at radius 3 is 2.42 bits per heavy atom. The van der Waals surface area contributed by atoms with Gasteiger partial charge in [0.25, 0.3) is 0 Å². The van der Waals surface area contributed by atoms with Crippen LogP contribution in [0.4, 0.5) is 0 Å². The van der Waals surface area contributed by atoms with Crippen molar-refractivity contribution in [1.82, 2.24) is 4.57 Å². The highest BCUT2D eigenvalue weighted by atomic mass is 16.4. The monoisotopic (exact) mass is 325 g/mol. The lowest BCUT2D eigenvalue weighted by Gasteiger charge is -2.14. The summed E-state index contributed by atoms with van der Waals surface area (Å²) >= 11 is 0. The second-order valence-electron chi connectivity index (χ2n) is 6.18. The van der Waals surface area contributed by atoms with Gasteiger partial charge in [0.2, 0.25) is 0 Å². The van der Waals surface area contributed by atoms with Gasteiger partial charge in [-0.05, 0) is 41.8 Å². The number of aromatic carboxylic acids is 1. The Labute approximate surface area is 139 Å². The number of nitrogens with zero attached hydrogens (tertiary/aromatic N) is 1. The van der Waals surface area contributed by atoms with Crippen LogP contribution in [0.2, 0.25) is 0 Å². The highest BCUT2D eigenvalue weighted by Crippen LogP contribution is 2.34. The van der Waals surface area contributed by atoms with Crippen LogP contribution in [0, 0.1) is 0 Å². The maximum Gasteiger partial charge on any atom is 0.338 e. The van der Waals surface area contributed by atoms with Crippen LogP contribution in [-0.2, 0) is 6.54 Å². The third kappa shape index (κ3) is 2.69. The van der Waals surface area contributed by atoms with Crippen molar-refractivity contribution in [2.75, 3.05) is 0 Å². The molecule has 0 fully saturated rings. The Morgan fingerprint density at radius 1 is 1.08 bits per heavy atom. The Balaban J connectivity index is 2.29. The molecule has 1 heterocycles. The first-order valence-electron chi connectivity index (χ1n) is 7.74. The summed E-state index contributed by atoms with van der Waals surface area (Å²) in [7, 11) is 0. The first-order chi connectivity index (χ1) is 11.4. The minimum atomic E-state index is -1.01. The number of fused-ring (bicyclic) bond motifs is 1. The zero-order valence-electron chi connectivity index (χ0n) is 13.5. The summed E-state index contributed by atoms with van der Waals surface area (Å²) < 4.78 is 1.94. The van der Waals surface area contributed by atoms with Crippen LogP contribution in [0.5, 0.6) is 11.5 Å². The number of carbonyl (C=O) groups is 1. The maximum absolute atomic E-state index is 11.8. The van der Waals surface area contributed by atoms with Crippen molar-refractivity contribution in [3.05, 3.63) is 59.3 Å².